The standard InChI is InChI=1S/C15H24N2O2/c1-10-9-13(11(2)12(3)15(10)19-5)17(4)14(18)7-6-8-16/h9H,6-8,16H2,1-5H3. The monoisotopic (exact) mass is 264 g/mol. The van der Waals surface area contributed by atoms with Gasteiger partial charge >= 0.3 is 0 Å². The molecule has 4 nitrogen and oxygen atoms in total. The fourth-order valence-corrected chi connectivity index (χ4v) is 2.25. The minimum atomic E-state index is 0.0949. The third kappa shape index (κ3) is 3.26. The molecule has 106 valence electrons. The molecule has 0 spiro atoms. The predicted octanol–water partition coefficient (Wildman–Crippen LogP) is 2.32. The molecule has 0 radical (unpaired) electrons. The Morgan fingerprint density at radius 2 is 1.95 bits per heavy atom. The zero-order chi connectivity index (χ0) is 14.6. The third-order valence-electron chi connectivity index (χ3n) is 3.53. The third-order valence-corrected chi connectivity index (χ3v) is 3.53. The van der Waals surface area contributed by atoms with Crippen molar-refractivity contribution in [2.45, 2.75) is 33.6 Å². The molecule has 1 aromatic carbocycles. The largest absolute Gasteiger partial charge is 0.496 e. The van der Waals surface area contributed by atoms with Crippen molar-refractivity contribution in [1.82, 2.24) is 0 Å². The van der Waals surface area contributed by atoms with E-state index in [4.69, 9.17) is 10.5 Å². The molecule has 0 aliphatic rings. The molecule has 0 atom stereocenters. The minimum absolute atomic E-state index is 0.0949. The van der Waals surface area contributed by atoms with E-state index in [1.807, 2.05) is 33.9 Å². The number of anilines is 1. The number of hydrogen-bond donors (Lipinski definition) is 1. The molecule has 0 saturated carbocycles. The van der Waals surface area contributed by atoms with Gasteiger partial charge in [-0.25, -0.2) is 0 Å². The minimum Gasteiger partial charge on any atom is -0.496 e. The van der Waals surface area contributed by atoms with Crippen LogP contribution in [-0.2, 0) is 4.79 Å². The van der Waals surface area contributed by atoms with Crippen LogP contribution in [0.5, 0.6) is 5.75 Å². The molecule has 4 heteroatoms. The SMILES string of the molecule is COc1c(C)cc(N(C)C(=O)CCCN)c(C)c1C. The lowest BCUT2D eigenvalue weighted by Gasteiger charge is -2.23. The number of hydrogen-bond acceptors (Lipinski definition) is 3. The molecule has 0 unspecified atom stereocenters. The van der Waals surface area contributed by atoms with Crippen LogP contribution < -0.4 is 15.4 Å². The van der Waals surface area contributed by atoms with Gasteiger partial charge in [0.15, 0.2) is 0 Å². The Bertz CT molecular complexity index is 470. The van der Waals surface area contributed by atoms with Crippen molar-refractivity contribution in [3.63, 3.8) is 0 Å². The lowest BCUT2D eigenvalue weighted by atomic mass is 10.0. The maximum absolute atomic E-state index is 12.1. The second-order valence-electron chi connectivity index (χ2n) is 4.84. The van der Waals surface area contributed by atoms with E-state index < -0.39 is 0 Å². The van der Waals surface area contributed by atoms with Crippen molar-refractivity contribution in [3.8, 4) is 5.75 Å². The lowest BCUT2D eigenvalue weighted by molar-refractivity contribution is -0.118. The van der Waals surface area contributed by atoms with Crippen molar-refractivity contribution < 1.29 is 9.53 Å². The Labute approximate surface area is 115 Å². The second-order valence-corrected chi connectivity index (χ2v) is 4.84. The van der Waals surface area contributed by atoms with Gasteiger partial charge in [0.1, 0.15) is 5.75 Å². The van der Waals surface area contributed by atoms with E-state index in [1.165, 1.54) is 0 Å². The highest BCUT2D eigenvalue weighted by atomic mass is 16.5. The first-order valence-electron chi connectivity index (χ1n) is 6.55. The molecule has 0 aromatic heterocycles. The fraction of sp³-hybridized carbons (Fsp3) is 0.533. The van der Waals surface area contributed by atoms with E-state index in [9.17, 15) is 4.79 Å². The molecule has 2 N–H and O–H groups in total. The van der Waals surface area contributed by atoms with E-state index >= 15 is 0 Å². The van der Waals surface area contributed by atoms with Crippen LogP contribution in [-0.4, -0.2) is 26.6 Å². The van der Waals surface area contributed by atoms with Crippen LogP contribution in [0.3, 0.4) is 0 Å². The zero-order valence-corrected chi connectivity index (χ0v) is 12.5. The summed E-state index contributed by atoms with van der Waals surface area (Å²) in [6, 6.07) is 2.00. The van der Waals surface area contributed by atoms with Crippen LogP contribution in [0.4, 0.5) is 5.69 Å². The number of nitrogens with zero attached hydrogens (tertiary/aromatic N) is 1. The molecule has 1 aromatic rings. The number of nitrogens with two attached hydrogens (primary N) is 1. The van der Waals surface area contributed by atoms with Crippen LogP contribution in [0.1, 0.15) is 29.5 Å². The molecule has 0 heterocycles. The van der Waals surface area contributed by atoms with E-state index in [0.717, 1.165) is 34.5 Å². The maximum Gasteiger partial charge on any atom is 0.226 e. The van der Waals surface area contributed by atoms with Crippen molar-refractivity contribution >= 4 is 11.6 Å². The van der Waals surface area contributed by atoms with Crippen molar-refractivity contribution in [2.75, 3.05) is 25.6 Å². The second kappa shape index (κ2) is 6.57. The summed E-state index contributed by atoms with van der Waals surface area (Å²) in [5.41, 5.74) is 9.58. The number of benzene rings is 1. The van der Waals surface area contributed by atoms with E-state index in [1.54, 1.807) is 12.0 Å². The molecule has 1 rings (SSSR count). The average Bonchev–Trinajstić information content (AvgIpc) is 2.40. The van der Waals surface area contributed by atoms with Crippen LogP contribution in [0.25, 0.3) is 0 Å². The van der Waals surface area contributed by atoms with Gasteiger partial charge in [-0.15, -0.1) is 0 Å². The summed E-state index contributed by atoms with van der Waals surface area (Å²) in [6.07, 6.45) is 1.20. The Balaban J connectivity index is 3.11. The number of amides is 1. The molecule has 0 aliphatic carbocycles. The maximum atomic E-state index is 12.1. The van der Waals surface area contributed by atoms with Gasteiger partial charge in [-0.05, 0) is 56.5 Å². The molecule has 0 fully saturated rings. The van der Waals surface area contributed by atoms with Gasteiger partial charge in [0.25, 0.3) is 0 Å². The Morgan fingerprint density at radius 3 is 2.47 bits per heavy atom. The summed E-state index contributed by atoms with van der Waals surface area (Å²) in [5, 5.41) is 0. The van der Waals surface area contributed by atoms with E-state index in [-0.39, 0.29) is 5.91 Å². The van der Waals surface area contributed by atoms with Gasteiger partial charge in [0, 0.05) is 19.2 Å². The van der Waals surface area contributed by atoms with Gasteiger partial charge < -0.3 is 15.4 Å². The molecule has 1 amide bonds. The van der Waals surface area contributed by atoms with Crippen molar-refractivity contribution in [2.24, 2.45) is 5.73 Å². The molecule has 0 saturated heterocycles. The normalized spacial score (nSPS) is 10.4. The first kappa shape index (κ1) is 15.5. The quantitative estimate of drug-likeness (QED) is 0.888. The number of aryl methyl sites for hydroxylation is 1. The van der Waals surface area contributed by atoms with Crippen LogP contribution in [0, 0.1) is 20.8 Å². The van der Waals surface area contributed by atoms with Crippen LogP contribution in [0.15, 0.2) is 6.07 Å². The summed E-state index contributed by atoms with van der Waals surface area (Å²) in [4.78, 5) is 13.8. The zero-order valence-electron chi connectivity index (χ0n) is 12.5. The van der Waals surface area contributed by atoms with Crippen molar-refractivity contribution in [3.05, 3.63) is 22.8 Å². The molecule has 19 heavy (non-hydrogen) atoms. The summed E-state index contributed by atoms with van der Waals surface area (Å²) < 4.78 is 5.40. The topological polar surface area (TPSA) is 55.6 Å². The first-order chi connectivity index (χ1) is 8.93. The first-order valence-corrected chi connectivity index (χ1v) is 6.55. The van der Waals surface area contributed by atoms with Crippen LogP contribution in [0.2, 0.25) is 0 Å². The average molecular weight is 264 g/mol. The van der Waals surface area contributed by atoms with Gasteiger partial charge in [-0.3, -0.25) is 4.79 Å². The summed E-state index contributed by atoms with van der Waals surface area (Å²) in [7, 11) is 3.48. The lowest BCUT2D eigenvalue weighted by Crippen LogP contribution is -2.27. The number of methoxy groups -OCH3 is 1. The van der Waals surface area contributed by atoms with Gasteiger partial charge in [-0.1, -0.05) is 0 Å². The molecule has 0 aliphatic heterocycles. The number of ether oxygens (including phenoxy) is 1. The number of carbonyl (C=O) groups excluding carboxylic acids is 1. The number of rotatable bonds is 5. The predicted molar refractivity (Wildman–Crippen MR) is 78.9 cm³/mol. The Hall–Kier alpha value is -1.55. The van der Waals surface area contributed by atoms with E-state index in [0.29, 0.717) is 13.0 Å². The van der Waals surface area contributed by atoms with Gasteiger partial charge in [0.2, 0.25) is 5.91 Å². The molecular formula is C15H24N2O2. The summed E-state index contributed by atoms with van der Waals surface area (Å²) in [6.45, 7) is 6.56. The molecular weight excluding hydrogens is 240 g/mol. The Kier molecular flexibility index (Phi) is 5.36. The van der Waals surface area contributed by atoms with Gasteiger partial charge in [0.05, 0.1) is 7.11 Å². The summed E-state index contributed by atoms with van der Waals surface area (Å²) >= 11 is 0. The van der Waals surface area contributed by atoms with Crippen LogP contribution >= 0.6 is 0 Å². The highest BCUT2D eigenvalue weighted by molar-refractivity contribution is 5.94. The number of carbonyl (C=O) groups is 1. The fourth-order valence-electron chi connectivity index (χ4n) is 2.25. The highest BCUT2D eigenvalue weighted by Crippen LogP contribution is 2.33. The van der Waals surface area contributed by atoms with E-state index in [2.05, 4.69) is 0 Å². The van der Waals surface area contributed by atoms with Crippen molar-refractivity contribution in [1.29, 1.82) is 0 Å². The smallest absolute Gasteiger partial charge is 0.226 e. The highest BCUT2D eigenvalue weighted by Gasteiger charge is 2.17. The summed E-state index contributed by atoms with van der Waals surface area (Å²) in [5.74, 6) is 0.988. The Morgan fingerprint density at radius 1 is 1.32 bits per heavy atom. The molecule has 0 bridgehead atoms. The van der Waals surface area contributed by atoms with Gasteiger partial charge in [-0.2, -0.15) is 0 Å².